The molecule has 0 radical (unpaired) electrons. The Kier molecular flexibility index (Phi) is 6.45. The Morgan fingerprint density at radius 2 is 1.74 bits per heavy atom. The normalized spacial score (nSPS) is 17.2. The van der Waals surface area contributed by atoms with Crippen LogP contribution in [0.3, 0.4) is 0 Å². The number of nitrogens with one attached hydrogen (secondary N) is 1. The van der Waals surface area contributed by atoms with Crippen LogP contribution < -0.4 is 10.2 Å². The van der Waals surface area contributed by atoms with Crippen molar-refractivity contribution in [3.63, 3.8) is 0 Å². The van der Waals surface area contributed by atoms with Crippen LogP contribution >= 0.6 is 11.8 Å². The van der Waals surface area contributed by atoms with Crippen molar-refractivity contribution < 1.29 is 18.4 Å². The maximum atomic E-state index is 14.4. The molecule has 9 heteroatoms. The van der Waals surface area contributed by atoms with Gasteiger partial charge in [-0.25, -0.2) is 13.5 Å². The van der Waals surface area contributed by atoms with Gasteiger partial charge in [-0.3, -0.25) is 14.5 Å². The molecule has 1 N–H and O–H groups in total. The lowest BCUT2D eigenvalue weighted by atomic mass is 9.99. The van der Waals surface area contributed by atoms with Gasteiger partial charge < -0.3 is 5.32 Å². The van der Waals surface area contributed by atoms with Crippen LogP contribution in [0.1, 0.15) is 29.2 Å². The SMILES string of the molecule is O=C(CN1C(=O)CS[C@H](c2cccc(F)c2)c2c(-c3ccccc3)nn(-c3ccc(F)cc3)c21)NC1CC1. The molecule has 38 heavy (non-hydrogen) atoms. The van der Waals surface area contributed by atoms with Gasteiger partial charge in [0.1, 0.15) is 24.0 Å². The third-order valence-corrected chi connectivity index (χ3v) is 7.86. The summed E-state index contributed by atoms with van der Waals surface area (Å²) >= 11 is 1.37. The van der Waals surface area contributed by atoms with Gasteiger partial charge in [-0.2, -0.15) is 5.10 Å². The standard InChI is InChI=1S/C29H24F2N4O2S/c30-20-9-13-23(14-10-20)35-29-26(27(33-35)18-5-2-1-3-6-18)28(19-7-4-8-21(31)15-19)38-17-25(37)34(29)16-24(36)32-22-11-12-22/h1-10,13-15,22,28H,11-12,16-17H2,(H,32,36)/t28-/m1/s1. The first kappa shape index (κ1) is 24.4. The number of halogens is 2. The van der Waals surface area contributed by atoms with Crippen LogP contribution in [0.25, 0.3) is 16.9 Å². The van der Waals surface area contributed by atoms with E-state index in [4.69, 9.17) is 5.10 Å². The second-order valence-electron chi connectivity index (χ2n) is 9.41. The molecule has 0 saturated heterocycles. The number of hydrogen-bond acceptors (Lipinski definition) is 4. The van der Waals surface area contributed by atoms with Gasteiger partial charge in [0.2, 0.25) is 11.8 Å². The predicted molar refractivity (Wildman–Crippen MR) is 143 cm³/mol. The summed E-state index contributed by atoms with van der Waals surface area (Å²) in [4.78, 5) is 28.0. The minimum Gasteiger partial charge on any atom is -0.352 e. The lowest BCUT2D eigenvalue weighted by Gasteiger charge is -2.23. The number of benzene rings is 3. The van der Waals surface area contributed by atoms with Crippen LogP contribution in [0.15, 0.2) is 78.9 Å². The summed E-state index contributed by atoms with van der Waals surface area (Å²) in [6.45, 7) is -0.181. The molecule has 192 valence electrons. The van der Waals surface area contributed by atoms with Gasteiger partial charge in [0, 0.05) is 17.2 Å². The molecule has 4 aromatic rings. The van der Waals surface area contributed by atoms with Crippen LogP contribution in [0.2, 0.25) is 0 Å². The number of anilines is 1. The fourth-order valence-corrected chi connectivity index (χ4v) is 5.86. The van der Waals surface area contributed by atoms with E-state index in [-0.39, 0.29) is 36.0 Å². The van der Waals surface area contributed by atoms with Crippen molar-refractivity contribution in [2.45, 2.75) is 24.1 Å². The molecule has 6 nitrogen and oxygen atoms in total. The largest absolute Gasteiger partial charge is 0.352 e. The fraction of sp³-hybridized carbons (Fsp3) is 0.207. The first-order chi connectivity index (χ1) is 18.5. The van der Waals surface area contributed by atoms with Gasteiger partial charge in [-0.1, -0.05) is 42.5 Å². The number of carbonyl (C=O) groups excluding carboxylic acids is 2. The maximum absolute atomic E-state index is 14.4. The molecule has 1 atom stereocenters. The van der Waals surface area contributed by atoms with Gasteiger partial charge in [0.25, 0.3) is 0 Å². The van der Waals surface area contributed by atoms with Crippen molar-refractivity contribution in [2.24, 2.45) is 0 Å². The zero-order valence-electron chi connectivity index (χ0n) is 20.3. The molecule has 1 aliphatic carbocycles. The van der Waals surface area contributed by atoms with E-state index >= 15 is 0 Å². The Bertz CT molecular complexity index is 1500. The summed E-state index contributed by atoms with van der Waals surface area (Å²) in [6.07, 6.45) is 1.85. The van der Waals surface area contributed by atoms with Crippen LogP contribution in [0.4, 0.5) is 14.6 Å². The lowest BCUT2D eigenvalue weighted by Crippen LogP contribution is -2.43. The van der Waals surface area contributed by atoms with Crippen molar-refractivity contribution >= 4 is 29.4 Å². The van der Waals surface area contributed by atoms with E-state index in [9.17, 15) is 18.4 Å². The number of amides is 2. The van der Waals surface area contributed by atoms with Crippen molar-refractivity contribution in [2.75, 3.05) is 17.2 Å². The third-order valence-electron chi connectivity index (χ3n) is 6.60. The topological polar surface area (TPSA) is 67.2 Å². The first-order valence-electron chi connectivity index (χ1n) is 12.4. The highest BCUT2D eigenvalue weighted by molar-refractivity contribution is 8.00. The minimum absolute atomic E-state index is 0.0875. The number of carbonyl (C=O) groups is 2. The number of fused-ring (bicyclic) bond motifs is 1. The second kappa shape index (κ2) is 10.1. The molecule has 1 saturated carbocycles. The van der Waals surface area contributed by atoms with Gasteiger partial charge in [-0.05, 0) is 54.8 Å². The quantitative estimate of drug-likeness (QED) is 0.369. The molecule has 1 aromatic heterocycles. The average Bonchev–Trinajstić information content (AvgIpc) is 3.67. The molecule has 0 spiro atoms. The highest BCUT2D eigenvalue weighted by Gasteiger charge is 2.38. The van der Waals surface area contributed by atoms with E-state index < -0.39 is 11.1 Å². The highest BCUT2D eigenvalue weighted by Crippen LogP contribution is 2.48. The first-order valence-corrected chi connectivity index (χ1v) is 13.4. The van der Waals surface area contributed by atoms with E-state index in [1.165, 1.54) is 40.9 Å². The molecule has 1 aliphatic heterocycles. The Morgan fingerprint density at radius 3 is 2.45 bits per heavy atom. The van der Waals surface area contributed by atoms with Crippen LogP contribution in [-0.4, -0.2) is 39.9 Å². The van der Waals surface area contributed by atoms with Gasteiger partial charge in [0.05, 0.1) is 22.4 Å². The Labute approximate surface area is 222 Å². The number of nitrogens with zero attached hydrogens (tertiary/aromatic N) is 3. The molecule has 3 aromatic carbocycles. The number of rotatable bonds is 6. The number of aromatic nitrogens is 2. The van der Waals surface area contributed by atoms with Crippen molar-refractivity contribution in [1.29, 1.82) is 0 Å². The molecular weight excluding hydrogens is 506 g/mol. The summed E-state index contributed by atoms with van der Waals surface area (Å²) in [5.74, 6) is -0.790. The molecule has 0 bridgehead atoms. The third kappa shape index (κ3) is 4.81. The van der Waals surface area contributed by atoms with Crippen molar-refractivity contribution in [3.8, 4) is 16.9 Å². The van der Waals surface area contributed by atoms with Gasteiger partial charge in [-0.15, -0.1) is 11.8 Å². The summed E-state index contributed by atoms with van der Waals surface area (Å²) in [5.41, 5.74) is 3.33. The Morgan fingerprint density at radius 1 is 0.974 bits per heavy atom. The smallest absolute Gasteiger partial charge is 0.240 e. The van der Waals surface area contributed by atoms with E-state index in [0.717, 1.165) is 18.4 Å². The van der Waals surface area contributed by atoms with Crippen molar-refractivity contribution in [1.82, 2.24) is 15.1 Å². The minimum atomic E-state index is -0.439. The van der Waals surface area contributed by atoms with Crippen LogP contribution in [-0.2, 0) is 9.59 Å². The van der Waals surface area contributed by atoms with E-state index in [1.807, 2.05) is 36.4 Å². The van der Waals surface area contributed by atoms with Crippen LogP contribution in [0.5, 0.6) is 0 Å². The molecule has 2 heterocycles. The van der Waals surface area contributed by atoms with E-state index in [2.05, 4.69) is 5.32 Å². The monoisotopic (exact) mass is 530 g/mol. The summed E-state index contributed by atoms with van der Waals surface area (Å²) < 4.78 is 29.8. The molecule has 0 unspecified atom stereocenters. The zero-order chi connectivity index (χ0) is 26.2. The predicted octanol–water partition coefficient (Wildman–Crippen LogP) is 5.27. The zero-order valence-corrected chi connectivity index (χ0v) is 21.1. The Balaban J connectivity index is 1.60. The second-order valence-corrected chi connectivity index (χ2v) is 10.5. The molecule has 2 aliphatic rings. The Hall–Kier alpha value is -3.98. The highest BCUT2D eigenvalue weighted by atomic mass is 32.2. The van der Waals surface area contributed by atoms with Crippen LogP contribution in [0, 0.1) is 11.6 Å². The molecule has 6 rings (SSSR count). The maximum Gasteiger partial charge on any atom is 0.240 e. The molecule has 2 amide bonds. The summed E-state index contributed by atoms with van der Waals surface area (Å²) in [7, 11) is 0. The number of hydrogen-bond donors (Lipinski definition) is 1. The lowest BCUT2D eigenvalue weighted by molar-refractivity contribution is -0.123. The van der Waals surface area contributed by atoms with E-state index in [0.29, 0.717) is 28.3 Å². The average molecular weight is 531 g/mol. The molecular formula is C29H24F2N4O2S. The fourth-order valence-electron chi connectivity index (χ4n) is 4.67. The summed E-state index contributed by atoms with van der Waals surface area (Å²) in [6, 6.07) is 21.8. The van der Waals surface area contributed by atoms with E-state index in [1.54, 1.807) is 22.9 Å². The van der Waals surface area contributed by atoms with Gasteiger partial charge >= 0.3 is 0 Å². The summed E-state index contributed by atoms with van der Waals surface area (Å²) in [5, 5.41) is 7.45. The number of thioether (sulfide) groups is 1. The molecule has 1 fully saturated rings. The van der Waals surface area contributed by atoms with Gasteiger partial charge in [0.15, 0.2) is 0 Å². The van der Waals surface area contributed by atoms with Crippen molar-refractivity contribution in [3.05, 3.63) is 102 Å².